The zero-order chi connectivity index (χ0) is 15.2. The van der Waals surface area contributed by atoms with E-state index in [1.165, 1.54) is 0 Å². The second kappa shape index (κ2) is 7.14. The number of hydrogen-bond donors (Lipinski definition) is 2. The predicted molar refractivity (Wildman–Crippen MR) is 71.7 cm³/mol. The Labute approximate surface area is 121 Å². The molecule has 2 N–H and O–H groups in total. The summed E-state index contributed by atoms with van der Waals surface area (Å²) < 4.78 is 10.3. The Kier molecular flexibility index (Phi) is 5.23. The third kappa shape index (κ3) is 3.99. The molecule has 0 unspecified atom stereocenters. The normalized spacial score (nSPS) is 22.0. The molecule has 9 nitrogen and oxygen atoms in total. The van der Waals surface area contributed by atoms with Crippen molar-refractivity contribution < 1.29 is 19.2 Å². The van der Waals surface area contributed by atoms with Crippen LogP contribution in [-0.4, -0.2) is 47.1 Å². The minimum atomic E-state index is -0.631. The molecule has 1 aliphatic carbocycles. The molecule has 1 saturated carbocycles. The minimum Gasteiger partial charge on any atom is -0.359 e. The van der Waals surface area contributed by atoms with E-state index in [0.29, 0.717) is 0 Å². The standard InChI is InChI=1S/C12H18N4O5/c1-20-7-21-9-4-2-8(3-5-9)14-12(17)11-10(16(18)19)6-13-15-11/h6,8-9H,2-5,7H2,1H3,(H,13,15)(H,14,17). The van der Waals surface area contributed by atoms with E-state index < -0.39 is 10.8 Å². The van der Waals surface area contributed by atoms with Gasteiger partial charge in [0.2, 0.25) is 5.69 Å². The molecule has 1 heterocycles. The van der Waals surface area contributed by atoms with Crippen LogP contribution in [0.25, 0.3) is 0 Å². The summed E-state index contributed by atoms with van der Waals surface area (Å²) in [6.45, 7) is 0.265. The van der Waals surface area contributed by atoms with Crippen LogP contribution in [0.5, 0.6) is 0 Å². The zero-order valence-corrected chi connectivity index (χ0v) is 11.7. The number of rotatable bonds is 6. The molecule has 9 heteroatoms. The fraction of sp³-hybridized carbons (Fsp3) is 0.667. The van der Waals surface area contributed by atoms with Crippen molar-refractivity contribution in [3.05, 3.63) is 22.0 Å². The van der Waals surface area contributed by atoms with Gasteiger partial charge in [-0.1, -0.05) is 0 Å². The zero-order valence-electron chi connectivity index (χ0n) is 11.7. The minimum absolute atomic E-state index is 0.0174. The molecule has 1 fully saturated rings. The van der Waals surface area contributed by atoms with Crippen molar-refractivity contribution in [3.8, 4) is 0 Å². The van der Waals surface area contributed by atoms with Crippen LogP contribution in [0.2, 0.25) is 0 Å². The summed E-state index contributed by atoms with van der Waals surface area (Å²) in [4.78, 5) is 22.1. The maximum absolute atomic E-state index is 12.0. The maximum atomic E-state index is 12.0. The van der Waals surface area contributed by atoms with E-state index in [0.717, 1.165) is 31.9 Å². The summed E-state index contributed by atoms with van der Waals surface area (Å²) in [7, 11) is 1.57. The Balaban J connectivity index is 1.84. The number of ether oxygens (including phenoxy) is 2. The van der Waals surface area contributed by atoms with Crippen LogP contribution in [-0.2, 0) is 9.47 Å². The monoisotopic (exact) mass is 298 g/mol. The largest absolute Gasteiger partial charge is 0.359 e. The van der Waals surface area contributed by atoms with E-state index in [4.69, 9.17) is 9.47 Å². The molecule has 1 aromatic rings. The summed E-state index contributed by atoms with van der Waals surface area (Å²) in [6.07, 6.45) is 4.40. The molecule has 0 radical (unpaired) electrons. The van der Waals surface area contributed by atoms with Gasteiger partial charge in [-0.25, -0.2) is 0 Å². The van der Waals surface area contributed by atoms with E-state index in [1.807, 2.05) is 0 Å². The van der Waals surface area contributed by atoms with Gasteiger partial charge in [0.1, 0.15) is 13.0 Å². The fourth-order valence-electron chi connectivity index (χ4n) is 2.38. The molecule has 0 aliphatic heterocycles. The molecule has 1 amide bonds. The Morgan fingerprint density at radius 3 is 2.86 bits per heavy atom. The SMILES string of the molecule is COCOC1CCC(NC(=O)c2n[nH]cc2[N+](=O)[O-])CC1. The van der Waals surface area contributed by atoms with Gasteiger partial charge < -0.3 is 14.8 Å². The number of nitro groups is 1. The predicted octanol–water partition coefficient (Wildman–Crippen LogP) is 0.979. The van der Waals surface area contributed by atoms with E-state index in [1.54, 1.807) is 7.11 Å². The lowest BCUT2D eigenvalue weighted by Crippen LogP contribution is -2.39. The molecule has 0 spiro atoms. The second-order valence-corrected chi connectivity index (χ2v) is 4.90. The average Bonchev–Trinajstić information content (AvgIpc) is 2.96. The van der Waals surface area contributed by atoms with Crippen LogP contribution in [0.3, 0.4) is 0 Å². The van der Waals surface area contributed by atoms with E-state index >= 15 is 0 Å². The van der Waals surface area contributed by atoms with Crippen LogP contribution in [0, 0.1) is 10.1 Å². The number of aromatic nitrogens is 2. The number of H-pyrrole nitrogens is 1. The van der Waals surface area contributed by atoms with Crippen LogP contribution in [0.15, 0.2) is 6.20 Å². The first kappa shape index (κ1) is 15.4. The third-order valence-electron chi connectivity index (χ3n) is 3.46. The molecule has 1 aromatic heterocycles. The van der Waals surface area contributed by atoms with Gasteiger partial charge in [-0.3, -0.25) is 20.0 Å². The number of aromatic amines is 1. The van der Waals surface area contributed by atoms with Crippen LogP contribution >= 0.6 is 0 Å². The van der Waals surface area contributed by atoms with E-state index in [2.05, 4.69) is 15.5 Å². The summed E-state index contributed by atoms with van der Waals surface area (Å²) >= 11 is 0. The Hall–Kier alpha value is -2.00. The van der Waals surface area contributed by atoms with Crippen LogP contribution in [0.4, 0.5) is 5.69 Å². The molecule has 0 atom stereocenters. The second-order valence-electron chi connectivity index (χ2n) is 4.90. The highest BCUT2D eigenvalue weighted by Gasteiger charge is 2.27. The number of nitrogens with one attached hydrogen (secondary N) is 2. The molecular formula is C12H18N4O5. The topological polar surface area (TPSA) is 119 Å². The summed E-state index contributed by atoms with van der Waals surface area (Å²) in [5, 5.41) is 19.5. The first-order valence-electron chi connectivity index (χ1n) is 6.71. The van der Waals surface area contributed by atoms with Gasteiger partial charge in [-0.15, -0.1) is 0 Å². The summed E-state index contributed by atoms with van der Waals surface area (Å²) in [5.74, 6) is -0.524. The fourth-order valence-corrected chi connectivity index (χ4v) is 2.38. The van der Waals surface area contributed by atoms with Crippen molar-refractivity contribution in [1.82, 2.24) is 15.5 Å². The average molecular weight is 298 g/mol. The number of carbonyl (C=O) groups is 1. The van der Waals surface area contributed by atoms with Gasteiger partial charge in [-0.2, -0.15) is 5.10 Å². The van der Waals surface area contributed by atoms with Crippen LogP contribution < -0.4 is 5.32 Å². The summed E-state index contributed by atoms with van der Waals surface area (Å²) in [6, 6.07) is -0.0174. The molecular weight excluding hydrogens is 280 g/mol. The molecule has 1 aliphatic rings. The first-order valence-corrected chi connectivity index (χ1v) is 6.71. The number of hydrogen-bond acceptors (Lipinski definition) is 6. The van der Waals surface area contributed by atoms with Crippen LogP contribution in [0.1, 0.15) is 36.2 Å². The smallest absolute Gasteiger partial charge is 0.319 e. The highest BCUT2D eigenvalue weighted by atomic mass is 16.7. The lowest BCUT2D eigenvalue weighted by atomic mass is 9.93. The number of amides is 1. The van der Waals surface area contributed by atoms with E-state index in [-0.39, 0.29) is 30.3 Å². The maximum Gasteiger partial charge on any atom is 0.319 e. The van der Waals surface area contributed by atoms with Gasteiger partial charge in [0.15, 0.2) is 0 Å². The lowest BCUT2D eigenvalue weighted by Gasteiger charge is -2.28. The Morgan fingerprint density at radius 1 is 1.52 bits per heavy atom. The molecule has 0 saturated heterocycles. The van der Waals surface area contributed by atoms with Gasteiger partial charge in [-0.05, 0) is 25.7 Å². The highest BCUT2D eigenvalue weighted by Crippen LogP contribution is 2.22. The number of carbonyl (C=O) groups excluding carboxylic acids is 1. The lowest BCUT2D eigenvalue weighted by molar-refractivity contribution is -0.385. The third-order valence-corrected chi connectivity index (χ3v) is 3.46. The van der Waals surface area contributed by atoms with Crippen molar-refractivity contribution in [2.75, 3.05) is 13.9 Å². The number of methoxy groups -OCH3 is 1. The Morgan fingerprint density at radius 2 is 2.24 bits per heavy atom. The summed E-state index contributed by atoms with van der Waals surface area (Å²) in [5.41, 5.74) is -0.498. The van der Waals surface area contributed by atoms with Gasteiger partial charge >= 0.3 is 5.69 Å². The molecule has 116 valence electrons. The quantitative estimate of drug-likeness (QED) is 0.459. The molecule has 2 rings (SSSR count). The van der Waals surface area contributed by atoms with Crippen molar-refractivity contribution in [3.63, 3.8) is 0 Å². The van der Waals surface area contributed by atoms with Crippen molar-refractivity contribution >= 4 is 11.6 Å². The molecule has 0 aromatic carbocycles. The van der Waals surface area contributed by atoms with Gasteiger partial charge in [0, 0.05) is 13.2 Å². The van der Waals surface area contributed by atoms with Gasteiger partial charge in [0.25, 0.3) is 5.91 Å². The van der Waals surface area contributed by atoms with Gasteiger partial charge in [0.05, 0.1) is 11.0 Å². The molecule has 21 heavy (non-hydrogen) atoms. The number of nitrogens with zero attached hydrogens (tertiary/aromatic N) is 2. The van der Waals surface area contributed by atoms with Crippen molar-refractivity contribution in [2.45, 2.75) is 37.8 Å². The van der Waals surface area contributed by atoms with Crippen molar-refractivity contribution in [2.24, 2.45) is 0 Å². The highest BCUT2D eigenvalue weighted by molar-refractivity contribution is 5.96. The first-order chi connectivity index (χ1) is 10.1. The van der Waals surface area contributed by atoms with E-state index in [9.17, 15) is 14.9 Å². The van der Waals surface area contributed by atoms with Crippen molar-refractivity contribution in [1.29, 1.82) is 0 Å². The molecule has 0 bridgehead atoms. The Bertz CT molecular complexity index is 496.